The number of ether oxygens (including phenoxy) is 1. The molecule has 0 spiro atoms. The highest BCUT2D eigenvalue weighted by molar-refractivity contribution is 5.91. The monoisotopic (exact) mass is 355 g/mol. The van der Waals surface area contributed by atoms with Gasteiger partial charge in [-0.05, 0) is 31.2 Å². The predicted molar refractivity (Wildman–Crippen MR) is 91.7 cm³/mol. The molecule has 5 nitrogen and oxygen atoms in total. The van der Waals surface area contributed by atoms with E-state index in [2.05, 4.69) is 10.4 Å². The Morgan fingerprint density at radius 2 is 2.12 bits per heavy atom. The number of carbonyl (C=O) groups is 1. The molecule has 2 heterocycles. The third-order valence-corrected chi connectivity index (χ3v) is 4.18. The Hall–Kier alpha value is -3.22. The highest BCUT2D eigenvalue weighted by Crippen LogP contribution is 2.37. The van der Waals surface area contributed by atoms with Gasteiger partial charge in [0.1, 0.15) is 30.5 Å². The van der Waals surface area contributed by atoms with Gasteiger partial charge < -0.3 is 10.1 Å². The lowest BCUT2D eigenvalue weighted by atomic mass is 10.0. The molecule has 0 unspecified atom stereocenters. The number of aryl methyl sites for hydroxylation is 1. The molecule has 0 saturated carbocycles. The van der Waals surface area contributed by atoms with Gasteiger partial charge in [-0.3, -0.25) is 9.48 Å². The second-order valence-corrected chi connectivity index (χ2v) is 6.14. The molecule has 1 aliphatic heterocycles. The molecular weight excluding hydrogens is 340 g/mol. The summed E-state index contributed by atoms with van der Waals surface area (Å²) in [5, 5.41) is 6.64. The van der Waals surface area contributed by atoms with Crippen molar-refractivity contribution in [1.82, 2.24) is 9.78 Å². The van der Waals surface area contributed by atoms with Crippen LogP contribution in [0, 0.1) is 18.6 Å². The van der Waals surface area contributed by atoms with E-state index in [1.54, 1.807) is 10.9 Å². The number of hydrogen-bond acceptors (Lipinski definition) is 3. The maximum atomic E-state index is 13.7. The highest BCUT2D eigenvalue weighted by Gasteiger charge is 2.23. The van der Waals surface area contributed by atoms with Crippen LogP contribution in [0.2, 0.25) is 0 Å². The number of rotatable bonds is 3. The van der Waals surface area contributed by atoms with Crippen LogP contribution in [0.3, 0.4) is 0 Å². The van der Waals surface area contributed by atoms with Gasteiger partial charge in [-0.25, -0.2) is 8.78 Å². The number of nitrogens with one attached hydrogen (secondary N) is 1. The van der Waals surface area contributed by atoms with Crippen molar-refractivity contribution in [1.29, 1.82) is 0 Å². The van der Waals surface area contributed by atoms with Crippen LogP contribution in [0.15, 0.2) is 42.6 Å². The van der Waals surface area contributed by atoms with Gasteiger partial charge in [0.05, 0.1) is 17.6 Å². The van der Waals surface area contributed by atoms with Crippen molar-refractivity contribution in [3.8, 4) is 17.0 Å². The molecule has 0 aliphatic carbocycles. The predicted octanol–water partition coefficient (Wildman–Crippen LogP) is 3.67. The number of carbonyl (C=O) groups excluding carboxylic acids is 1. The smallest absolute Gasteiger partial charge is 0.246 e. The van der Waals surface area contributed by atoms with Gasteiger partial charge in [0, 0.05) is 17.2 Å². The summed E-state index contributed by atoms with van der Waals surface area (Å²) in [6.07, 6.45) is 1.65. The number of benzene rings is 2. The standard InChI is InChI=1S/C19H15F2N3O2/c1-11-2-5-17-14(6-11)19-12(10-26-17)8-22-24(19)9-18(25)23-16-7-13(20)3-4-15(16)21/h2-8H,9-10H2,1H3,(H,23,25). The fourth-order valence-electron chi connectivity index (χ4n) is 2.99. The SMILES string of the molecule is Cc1ccc2c(c1)-c1c(cnn1CC(=O)Nc1cc(F)ccc1F)CO2. The average Bonchev–Trinajstić information content (AvgIpc) is 3.01. The van der Waals surface area contributed by atoms with Crippen molar-refractivity contribution in [2.24, 2.45) is 0 Å². The second kappa shape index (κ2) is 6.25. The first-order chi connectivity index (χ1) is 12.5. The molecule has 2 aromatic carbocycles. The number of anilines is 1. The Kier molecular flexibility index (Phi) is 3.91. The molecule has 0 bridgehead atoms. The van der Waals surface area contributed by atoms with Crippen LogP contribution in [0.5, 0.6) is 5.75 Å². The summed E-state index contributed by atoms with van der Waals surface area (Å²) in [6.45, 7) is 2.21. The number of nitrogens with zero attached hydrogens (tertiary/aromatic N) is 2. The summed E-state index contributed by atoms with van der Waals surface area (Å²) in [4.78, 5) is 12.3. The van der Waals surface area contributed by atoms with Crippen molar-refractivity contribution in [2.45, 2.75) is 20.1 Å². The van der Waals surface area contributed by atoms with Crippen LogP contribution in [-0.2, 0) is 17.9 Å². The summed E-state index contributed by atoms with van der Waals surface area (Å²) in [7, 11) is 0. The topological polar surface area (TPSA) is 56.2 Å². The largest absolute Gasteiger partial charge is 0.488 e. The molecule has 0 saturated heterocycles. The molecule has 7 heteroatoms. The van der Waals surface area contributed by atoms with Gasteiger partial charge >= 0.3 is 0 Å². The molecule has 132 valence electrons. The maximum absolute atomic E-state index is 13.7. The van der Waals surface area contributed by atoms with Gasteiger partial charge in [0.15, 0.2) is 0 Å². The van der Waals surface area contributed by atoms with Crippen LogP contribution < -0.4 is 10.1 Å². The fraction of sp³-hybridized carbons (Fsp3) is 0.158. The third kappa shape index (κ3) is 2.92. The van der Waals surface area contributed by atoms with Crippen LogP contribution >= 0.6 is 0 Å². The maximum Gasteiger partial charge on any atom is 0.246 e. The van der Waals surface area contributed by atoms with E-state index in [9.17, 15) is 13.6 Å². The molecule has 1 aromatic heterocycles. The lowest BCUT2D eigenvalue weighted by Crippen LogP contribution is -2.21. The van der Waals surface area contributed by atoms with E-state index in [1.807, 2.05) is 25.1 Å². The van der Waals surface area contributed by atoms with E-state index in [4.69, 9.17) is 4.74 Å². The van der Waals surface area contributed by atoms with Crippen LogP contribution in [-0.4, -0.2) is 15.7 Å². The van der Waals surface area contributed by atoms with Gasteiger partial charge in [-0.15, -0.1) is 0 Å². The van der Waals surface area contributed by atoms with Crippen molar-refractivity contribution >= 4 is 11.6 Å². The molecule has 0 fully saturated rings. The van der Waals surface area contributed by atoms with E-state index >= 15 is 0 Å². The summed E-state index contributed by atoms with van der Waals surface area (Å²) in [6, 6.07) is 8.70. The van der Waals surface area contributed by atoms with Crippen LogP contribution in [0.25, 0.3) is 11.3 Å². The zero-order valence-electron chi connectivity index (χ0n) is 13.9. The molecule has 0 radical (unpaired) electrons. The van der Waals surface area contributed by atoms with Crippen molar-refractivity contribution < 1.29 is 18.3 Å². The number of fused-ring (bicyclic) bond motifs is 3. The molecule has 26 heavy (non-hydrogen) atoms. The first-order valence-electron chi connectivity index (χ1n) is 8.04. The van der Waals surface area contributed by atoms with E-state index in [0.29, 0.717) is 6.61 Å². The molecule has 3 aromatic rings. The zero-order valence-corrected chi connectivity index (χ0v) is 13.9. The second-order valence-electron chi connectivity index (χ2n) is 6.14. The van der Waals surface area contributed by atoms with Crippen LogP contribution in [0.1, 0.15) is 11.1 Å². The van der Waals surface area contributed by atoms with Gasteiger partial charge in [0.2, 0.25) is 5.91 Å². The minimum atomic E-state index is -0.698. The third-order valence-electron chi connectivity index (χ3n) is 4.18. The Morgan fingerprint density at radius 1 is 1.27 bits per heavy atom. The number of amides is 1. The summed E-state index contributed by atoms with van der Waals surface area (Å²) in [5.74, 6) is -1.10. The Morgan fingerprint density at radius 3 is 2.96 bits per heavy atom. The highest BCUT2D eigenvalue weighted by atomic mass is 19.1. The molecule has 1 aliphatic rings. The lowest BCUT2D eigenvalue weighted by Gasteiger charge is -2.19. The normalized spacial score (nSPS) is 12.1. The lowest BCUT2D eigenvalue weighted by molar-refractivity contribution is -0.116. The Bertz CT molecular complexity index is 1010. The van der Waals surface area contributed by atoms with Crippen molar-refractivity contribution in [2.75, 3.05) is 5.32 Å². The van der Waals surface area contributed by atoms with Crippen LogP contribution in [0.4, 0.5) is 14.5 Å². The minimum absolute atomic E-state index is 0.126. The Labute approximate surface area is 148 Å². The van der Waals surface area contributed by atoms with E-state index < -0.39 is 17.5 Å². The fourth-order valence-corrected chi connectivity index (χ4v) is 2.99. The first kappa shape index (κ1) is 16.3. The molecule has 1 amide bonds. The van der Waals surface area contributed by atoms with Gasteiger partial charge in [-0.1, -0.05) is 11.6 Å². The van der Waals surface area contributed by atoms with Crippen molar-refractivity contribution in [3.63, 3.8) is 0 Å². The minimum Gasteiger partial charge on any atom is -0.488 e. The van der Waals surface area contributed by atoms with E-state index in [-0.39, 0.29) is 12.2 Å². The summed E-state index contributed by atoms with van der Waals surface area (Å²) >= 11 is 0. The quantitative estimate of drug-likeness (QED) is 0.780. The number of hydrogen-bond donors (Lipinski definition) is 1. The summed E-state index contributed by atoms with van der Waals surface area (Å²) < 4.78 is 34.2. The van der Waals surface area contributed by atoms with Gasteiger partial charge in [-0.2, -0.15) is 5.10 Å². The zero-order chi connectivity index (χ0) is 18.3. The van der Waals surface area contributed by atoms with Gasteiger partial charge in [0.25, 0.3) is 0 Å². The van der Waals surface area contributed by atoms with Crippen molar-refractivity contribution in [3.05, 3.63) is 65.4 Å². The molecule has 4 rings (SSSR count). The number of halogens is 2. The molecule has 1 N–H and O–H groups in total. The number of aromatic nitrogens is 2. The van der Waals surface area contributed by atoms with E-state index in [1.165, 1.54) is 0 Å². The first-order valence-corrected chi connectivity index (χ1v) is 8.04. The molecular formula is C19H15F2N3O2. The van der Waals surface area contributed by atoms with E-state index in [0.717, 1.165) is 46.3 Å². The molecule has 0 atom stereocenters. The average molecular weight is 355 g/mol. The Balaban J connectivity index is 1.62. The summed E-state index contributed by atoms with van der Waals surface area (Å²) in [5.41, 5.74) is 3.38.